The van der Waals surface area contributed by atoms with E-state index >= 15 is 0 Å². The molecule has 0 radical (unpaired) electrons. The van der Waals surface area contributed by atoms with Gasteiger partial charge in [0.2, 0.25) is 5.88 Å². The molecule has 0 saturated carbocycles. The molecular weight excluding hydrogens is 510 g/mol. The first kappa shape index (κ1) is 28.1. The highest BCUT2D eigenvalue weighted by molar-refractivity contribution is 5.85. The zero-order chi connectivity index (χ0) is 23.5. The van der Waals surface area contributed by atoms with E-state index < -0.39 is 6.10 Å². The van der Waals surface area contributed by atoms with Gasteiger partial charge < -0.3 is 29.5 Å². The highest BCUT2D eigenvalue weighted by Gasteiger charge is 2.27. The number of halogens is 3. The summed E-state index contributed by atoms with van der Waals surface area (Å²) in [5.74, 6) is 1.60. The van der Waals surface area contributed by atoms with Gasteiger partial charge in [0, 0.05) is 37.3 Å². The van der Waals surface area contributed by atoms with Crippen molar-refractivity contribution < 1.29 is 23.7 Å². The van der Waals surface area contributed by atoms with Crippen LogP contribution in [0.2, 0.25) is 0 Å². The third-order valence-electron chi connectivity index (χ3n) is 6.47. The van der Waals surface area contributed by atoms with Crippen LogP contribution in [0, 0.1) is 5.82 Å². The van der Waals surface area contributed by atoms with E-state index in [1.165, 1.54) is 13.3 Å². The Morgan fingerprint density at radius 1 is 1.17 bits per heavy atom. The molecule has 2 N–H and O–H groups in total. The van der Waals surface area contributed by atoms with Crippen LogP contribution in [0.3, 0.4) is 0 Å². The fraction of sp³-hybridized carbons (Fsp3) is 0.440. The minimum atomic E-state index is -0.511. The van der Waals surface area contributed by atoms with Gasteiger partial charge in [0.15, 0.2) is 11.5 Å². The maximum atomic E-state index is 14.6. The first-order valence-corrected chi connectivity index (χ1v) is 11.6. The Morgan fingerprint density at radius 2 is 1.97 bits per heavy atom. The number of methoxy groups -OCH3 is 1. The van der Waals surface area contributed by atoms with Gasteiger partial charge in [-0.2, -0.15) is 0 Å². The summed E-state index contributed by atoms with van der Waals surface area (Å²) in [6.07, 6.45) is 2.02. The molecule has 5 rings (SSSR count). The molecule has 1 saturated heterocycles. The highest BCUT2D eigenvalue weighted by atomic mass is 35.5. The molecule has 2 unspecified atom stereocenters. The van der Waals surface area contributed by atoms with Crippen molar-refractivity contribution in [1.29, 1.82) is 0 Å². The topological polar surface area (TPSA) is 89.0 Å². The maximum Gasteiger partial charge on any atom is 0.213 e. The van der Waals surface area contributed by atoms with Crippen molar-refractivity contribution in [3.05, 3.63) is 53.5 Å². The lowest BCUT2D eigenvalue weighted by molar-refractivity contribution is 0.0404. The predicted molar refractivity (Wildman–Crippen MR) is 139 cm³/mol. The first-order chi connectivity index (χ1) is 16.6. The Labute approximate surface area is 222 Å². The summed E-state index contributed by atoms with van der Waals surface area (Å²) in [5.41, 5.74) is 2.77. The summed E-state index contributed by atoms with van der Waals surface area (Å²) in [7, 11) is 1.54. The van der Waals surface area contributed by atoms with Crippen LogP contribution >= 0.6 is 24.8 Å². The van der Waals surface area contributed by atoms with Gasteiger partial charge in [-0.05, 0) is 43.1 Å². The number of hydrogen-bond donors (Lipinski definition) is 2. The lowest BCUT2D eigenvalue weighted by atomic mass is 10.0. The fourth-order valence-corrected chi connectivity index (χ4v) is 4.58. The molecule has 2 atom stereocenters. The third kappa shape index (κ3) is 6.27. The number of β-amino-alcohol motifs (C(OH)–C–C–N with tert-alkyl or cyclic N) is 1. The second kappa shape index (κ2) is 12.7. The SMILES string of the molecule is COc1ccc2ncc(F)c(CCN3CCC(NCc4ccc5c(c4)OCCO5)C(O)C3)c2n1.Cl.Cl. The number of nitrogens with one attached hydrogen (secondary N) is 1. The summed E-state index contributed by atoms with van der Waals surface area (Å²) in [4.78, 5) is 10.7. The number of aliphatic hydroxyl groups is 1. The van der Waals surface area contributed by atoms with Crippen LogP contribution < -0.4 is 19.5 Å². The predicted octanol–water partition coefficient (Wildman–Crippen LogP) is 3.16. The average molecular weight is 541 g/mol. The molecule has 0 amide bonds. The number of aliphatic hydroxyl groups excluding tert-OH is 1. The Morgan fingerprint density at radius 3 is 2.75 bits per heavy atom. The van der Waals surface area contributed by atoms with Crippen molar-refractivity contribution in [3.8, 4) is 17.4 Å². The molecule has 0 spiro atoms. The van der Waals surface area contributed by atoms with Crippen molar-refractivity contribution in [2.24, 2.45) is 0 Å². The Balaban J connectivity index is 0.00000180. The lowest BCUT2D eigenvalue weighted by Crippen LogP contribution is -2.52. The molecule has 3 aromatic rings. The zero-order valence-electron chi connectivity index (χ0n) is 20.0. The third-order valence-corrected chi connectivity index (χ3v) is 6.47. The summed E-state index contributed by atoms with van der Waals surface area (Å²) in [6.45, 7) is 3.74. The van der Waals surface area contributed by atoms with Gasteiger partial charge in [-0.25, -0.2) is 9.37 Å². The lowest BCUT2D eigenvalue weighted by Gasteiger charge is -2.36. The van der Waals surface area contributed by atoms with Crippen LogP contribution in [0.15, 0.2) is 36.5 Å². The Hall–Kier alpha value is -2.43. The summed E-state index contributed by atoms with van der Waals surface area (Å²) in [6, 6.07) is 9.42. The van der Waals surface area contributed by atoms with Gasteiger partial charge in [-0.3, -0.25) is 4.98 Å². The standard InChI is InChI=1S/C25H29FN4O4.2ClH/c1-32-24-5-3-20-25(29-24)17(18(26)14-28-20)6-8-30-9-7-19(21(31)15-30)27-13-16-2-4-22-23(12-16)34-11-10-33-22;;/h2-5,12,14,19,21,27,31H,6-11,13,15H2,1H3;2*1H. The summed E-state index contributed by atoms with van der Waals surface area (Å²) >= 11 is 0. The molecule has 196 valence electrons. The Kier molecular flexibility index (Phi) is 9.92. The van der Waals surface area contributed by atoms with Gasteiger partial charge >= 0.3 is 0 Å². The van der Waals surface area contributed by atoms with Crippen molar-refractivity contribution in [3.63, 3.8) is 0 Å². The number of rotatable bonds is 7. The molecule has 1 fully saturated rings. The van der Waals surface area contributed by atoms with E-state index in [1.54, 1.807) is 12.1 Å². The number of likely N-dealkylation sites (tertiary alicyclic amines) is 1. The number of ether oxygens (including phenoxy) is 3. The molecule has 11 heteroatoms. The van der Waals surface area contributed by atoms with Crippen LogP contribution in [0.1, 0.15) is 17.5 Å². The van der Waals surface area contributed by atoms with Crippen LogP contribution in [-0.2, 0) is 13.0 Å². The van der Waals surface area contributed by atoms with Gasteiger partial charge in [-0.1, -0.05) is 6.07 Å². The van der Waals surface area contributed by atoms with Crippen LogP contribution in [0.25, 0.3) is 11.0 Å². The number of aromatic nitrogens is 2. The number of piperidine rings is 1. The van der Waals surface area contributed by atoms with Crippen molar-refractivity contribution in [2.75, 3.05) is 40.0 Å². The largest absolute Gasteiger partial charge is 0.486 e. The average Bonchev–Trinajstić information content (AvgIpc) is 2.87. The number of fused-ring (bicyclic) bond motifs is 2. The van der Waals surface area contributed by atoms with E-state index in [-0.39, 0.29) is 36.7 Å². The molecule has 2 aromatic heterocycles. The van der Waals surface area contributed by atoms with Crippen molar-refractivity contribution in [2.45, 2.75) is 31.5 Å². The molecular formula is C25H31Cl2FN4O4. The minimum Gasteiger partial charge on any atom is -0.486 e. The number of hydrogen-bond acceptors (Lipinski definition) is 8. The molecule has 8 nitrogen and oxygen atoms in total. The van der Waals surface area contributed by atoms with E-state index in [0.29, 0.717) is 61.7 Å². The van der Waals surface area contributed by atoms with Gasteiger partial charge in [0.1, 0.15) is 19.0 Å². The fourth-order valence-electron chi connectivity index (χ4n) is 4.58. The van der Waals surface area contributed by atoms with Crippen LogP contribution in [-0.4, -0.2) is 72.1 Å². The van der Waals surface area contributed by atoms with E-state index in [2.05, 4.69) is 20.2 Å². The van der Waals surface area contributed by atoms with E-state index in [1.807, 2.05) is 18.2 Å². The monoisotopic (exact) mass is 540 g/mol. The van der Waals surface area contributed by atoms with Crippen molar-refractivity contribution in [1.82, 2.24) is 20.2 Å². The summed E-state index contributed by atoms with van der Waals surface area (Å²) in [5, 5.41) is 14.2. The number of nitrogens with zero attached hydrogens (tertiary/aromatic N) is 3. The molecule has 2 aliphatic rings. The number of benzene rings is 1. The van der Waals surface area contributed by atoms with Crippen LogP contribution in [0.4, 0.5) is 4.39 Å². The quantitative estimate of drug-likeness (QED) is 0.472. The first-order valence-electron chi connectivity index (χ1n) is 11.6. The second-order valence-corrected chi connectivity index (χ2v) is 8.68. The molecule has 4 heterocycles. The molecule has 0 bridgehead atoms. The molecule has 1 aromatic carbocycles. The Bertz CT molecular complexity index is 1170. The maximum absolute atomic E-state index is 14.6. The van der Waals surface area contributed by atoms with Gasteiger partial charge in [0.05, 0.1) is 30.4 Å². The summed E-state index contributed by atoms with van der Waals surface area (Å²) < 4.78 is 31.0. The van der Waals surface area contributed by atoms with Gasteiger partial charge in [-0.15, -0.1) is 24.8 Å². The van der Waals surface area contributed by atoms with Gasteiger partial charge in [0.25, 0.3) is 0 Å². The van der Waals surface area contributed by atoms with E-state index in [4.69, 9.17) is 14.2 Å². The smallest absolute Gasteiger partial charge is 0.213 e. The molecule has 36 heavy (non-hydrogen) atoms. The van der Waals surface area contributed by atoms with E-state index in [0.717, 1.165) is 30.0 Å². The molecule has 2 aliphatic heterocycles. The zero-order valence-corrected chi connectivity index (χ0v) is 21.6. The van der Waals surface area contributed by atoms with Crippen LogP contribution in [0.5, 0.6) is 17.4 Å². The van der Waals surface area contributed by atoms with E-state index in [9.17, 15) is 9.50 Å². The molecule has 0 aliphatic carbocycles. The van der Waals surface area contributed by atoms with Crippen molar-refractivity contribution >= 4 is 35.8 Å². The normalized spacial score (nSPS) is 19.3. The minimum absolute atomic E-state index is 0. The number of pyridine rings is 2. The highest BCUT2D eigenvalue weighted by Crippen LogP contribution is 2.31. The second-order valence-electron chi connectivity index (χ2n) is 8.68.